The minimum atomic E-state index is -1.20. The van der Waals surface area contributed by atoms with E-state index < -0.39 is 12.3 Å². The predicted molar refractivity (Wildman–Crippen MR) is 107 cm³/mol. The molecule has 0 saturated heterocycles. The van der Waals surface area contributed by atoms with Gasteiger partial charge in [0.25, 0.3) is 0 Å². The lowest BCUT2D eigenvalue weighted by Crippen LogP contribution is -2.25. The summed E-state index contributed by atoms with van der Waals surface area (Å²) in [4.78, 5) is 4.48. The Balaban J connectivity index is 1.70. The standard InChI is InChI=1S/C20H27FN6O2/c1-20(2,3)27-18(10-15(25-27)12-7-14(21)17(28)8-12)23-19-16-9-13(11-29-4)24-26(16)6-5-22-19/h5-6,9-10,12,14,17,28H,7-8,11H2,1-4H3,(H,22,23)/t12-,14+,17-/m1/s1. The fourth-order valence-electron chi connectivity index (χ4n) is 3.81. The van der Waals surface area contributed by atoms with Crippen LogP contribution in [0.4, 0.5) is 16.0 Å². The van der Waals surface area contributed by atoms with Crippen LogP contribution in [0.25, 0.3) is 5.52 Å². The van der Waals surface area contributed by atoms with E-state index in [9.17, 15) is 9.50 Å². The molecule has 156 valence electrons. The third-order valence-electron chi connectivity index (χ3n) is 5.21. The van der Waals surface area contributed by atoms with E-state index in [2.05, 4.69) is 36.2 Å². The number of aliphatic hydroxyl groups excluding tert-OH is 1. The molecule has 29 heavy (non-hydrogen) atoms. The van der Waals surface area contributed by atoms with E-state index in [4.69, 9.17) is 9.84 Å². The fourth-order valence-corrected chi connectivity index (χ4v) is 3.81. The van der Waals surface area contributed by atoms with Crippen LogP contribution in [0.15, 0.2) is 24.5 Å². The summed E-state index contributed by atoms with van der Waals surface area (Å²) in [6.45, 7) is 6.58. The number of rotatable bonds is 5. The number of nitrogens with zero attached hydrogens (tertiary/aromatic N) is 5. The van der Waals surface area contributed by atoms with Gasteiger partial charge in [0.15, 0.2) is 5.82 Å². The van der Waals surface area contributed by atoms with Crippen LogP contribution in [0.3, 0.4) is 0 Å². The predicted octanol–water partition coefficient (Wildman–Crippen LogP) is 3.15. The zero-order valence-electron chi connectivity index (χ0n) is 17.1. The molecule has 3 heterocycles. The van der Waals surface area contributed by atoms with Gasteiger partial charge in [-0.25, -0.2) is 18.6 Å². The van der Waals surface area contributed by atoms with Gasteiger partial charge in [-0.3, -0.25) is 0 Å². The topological polar surface area (TPSA) is 89.5 Å². The third kappa shape index (κ3) is 3.84. The number of methoxy groups -OCH3 is 1. The van der Waals surface area contributed by atoms with Crippen molar-refractivity contribution < 1.29 is 14.2 Å². The summed E-state index contributed by atoms with van der Waals surface area (Å²) < 4.78 is 22.7. The molecule has 3 aromatic rings. The Bertz CT molecular complexity index is 998. The summed E-state index contributed by atoms with van der Waals surface area (Å²) >= 11 is 0. The Kier molecular flexibility index (Phi) is 5.04. The quantitative estimate of drug-likeness (QED) is 0.682. The molecular formula is C20H27FN6O2. The van der Waals surface area contributed by atoms with Gasteiger partial charge in [-0.2, -0.15) is 10.2 Å². The summed E-state index contributed by atoms with van der Waals surface area (Å²) in [6.07, 6.45) is 2.03. The molecule has 0 unspecified atom stereocenters. The Morgan fingerprint density at radius 1 is 1.28 bits per heavy atom. The van der Waals surface area contributed by atoms with Crippen LogP contribution in [0.5, 0.6) is 0 Å². The molecule has 3 aromatic heterocycles. The van der Waals surface area contributed by atoms with E-state index in [1.165, 1.54) is 0 Å². The lowest BCUT2D eigenvalue weighted by Gasteiger charge is -2.22. The highest BCUT2D eigenvalue weighted by Crippen LogP contribution is 2.38. The molecule has 2 N–H and O–H groups in total. The molecule has 9 heteroatoms. The number of hydrogen-bond donors (Lipinski definition) is 2. The summed E-state index contributed by atoms with van der Waals surface area (Å²) in [5, 5.41) is 22.4. The average molecular weight is 402 g/mol. The minimum absolute atomic E-state index is 0.101. The van der Waals surface area contributed by atoms with Gasteiger partial charge in [-0.05, 0) is 39.7 Å². The van der Waals surface area contributed by atoms with Crippen molar-refractivity contribution in [1.29, 1.82) is 0 Å². The van der Waals surface area contributed by atoms with Crippen LogP contribution in [0, 0.1) is 0 Å². The zero-order chi connectivity index (χ0) is 20.8. The van der Waals surface area contributed by atoms with Crippen molar-refractivity contribution in [3.8, 4) is 0 Å². The first kappa shape index (κ1) is 19.8. The minimum Gasteiger partial charge on any atom is -0.390 e. The van der Waals surface area contributed by atoms with Gasteiger partial charge in [0, 0.05) is 31.5 Å². The number of anilines is 2. The zero-order valence-corrected chi connectivity index (χ0v) is 17.1. The van der Waals surface area contributed by atoms with Crippen LogP contribution in [-0.2, 0) is 16.9 Å². The molecule has 0 aromatic carbocycles. The van der Waals surface area contributed by atoms with Crippen LogP contribution in [0.2, 0.25) is 0 Å². The van der Waals surface area contributed by atoms with E-state index in [-0.39, 0.29) is 11.5 Å². The highest BCUT2D eigenvalue weighted by atomic mass is 19.1. The Morgan fingerprint density at radius 3 is 2.72 bits per heavy atom. The average Bonchev–Trinajstić information content (AvgIpc) is 3.33. The Hall–Kier alpha value is -2.52. The second-order valence-electron chi connectivity index (χ2n) is 8.59. The summed E-state index contributed by atoms with van der Waals surface area (Å²) in [5.41, 5.74) is 2.12. The van der Waals surface area contributed by atoms with Gasteiger partial charge in [0.1, 0.15) is 17.5 Å². The number of halogens is 1. The summed E-state index contributed by atoms with van der Waals surface area (Å²) in [5.74, 6) is 1.31. The number of aliphatic hydroxyl groups is 1. The Labute approximate surface area is 168 Å². The van der Waals surface area contributed by atoms with E-state index in [0.717, 1.165) is 22.7 Å². The summed E-state index contributed by atoms with van der Waals surface area (Å²) in [6, 6.07) is 3.86. The molecule has 0 amide bonds. The first-order valence-electron chi connectivity index (χ1n) is 9.78. The van der Waals surface area contributed by atoms with Crippen molar-refractivity contribution >= 4 is 17.2 Å². The smallest absolute Gasteiger partial charge is 0.157 e. The van der Waals surface area contributed by atoms with Gasteiger partial charge in [-0.15, -0.1) is 0 Å². The Morgan fingerprint density at radius 2 is 2.07 bits per heavy atom. The van der Waals surface area contributed by atoms with E-state index in [1.54, 1.807) is 24.0 Å². The lowest BCUT2D eigenvalue weighted by atomic mass is 10.0. The van der Waals surface area contributed by atoms with E-state index >= 15 is 0 Å². The van der Waals surface area contributed by atoms with Crippen LogP contribution in [0.1, 0.15) is 50.9 Å². The molecule has 1 aliphatic carbocycles. The van der Waals surface area contributed by atoms with Crippen molar-refractivity contribution in [3.05, 3.63) is 35.9 Å². The maximum Gasteiger partial charge on any atom is 0.157 e. The fraction of sp³-hybridized carbons (Fsp3) is 0.550. The highest BCUT2D eigenvalue weighted by molar-refractivity contribution is 5.72. The molecule has 0 bridgehead atoms. The van der Waals surface area contributed by atoms with Crippen LogP contribution in [-0.4, -0.2) is 48.9 Å². The molecule has 1 aliphatic rings. The molecule has 8 nitrogen and oxygen atoms in total. The van der Waals surface area contributed by atoms with Crippen LogP contribution < -0.4 is 5.32 Å². The maximum absolute atomic E-state index is 13.9. The molecular weight excluding hydrogens is 375 g/mol. The molecule has 0 aliphatic heterocycles. The van der Waals surface area contributed by atoms with Gasteiger partial charge in [-0.1, -0.05) is 0 Å². The largest absolute Gasteiger partial charge is 0.390 e. The number of aromatic nitrogens is 5. The van der Waals surface area contributed by atoms with Crippen molar-refractivity contribution in [2.75, 3.05) is 12.4 Å². The molecule has 1 saturated carbocycles. The second kappa shape index (κ2) is 7.38. The van der Waals surface area contributed by atoms with Gasteiger partial charge in [0.2, 0.25) is 0 Å². The molecule has 4 rings (SSSR count). The van der Waals surface area contributed by atoms with Gasteiger partial charge in [0.05, 0.1) is 29.6 Å². The first-order valence-corrected chi connectivity index (χ1v) is 9.78. The highest BCUT2D eigenvalue weighted by Gasteiger charge is 2.36. The third-order valence-corrected chi connectivity index (χ3v) is 5.21. The number of ether oxygens (including phenoxy) is 1. The number of alkyl halides is 1. The molecule has 0 spiro atoms. The van der Waals surface area contributed by atoms with Crippen molar-refractivity contribution in [1.82, 2.24) is 24.4 Å². The van der Waals surface area contributed by atoms with Crippen molar-refractivity contribution in [3.63, 3.8) is 0 Å². The van der Waals surface area contributed by atoms with Crippen molar-refractivity contribution in [2.45, 2.75) is 64.0 Å². The molecule has 0 radical (unpaired) electrons. The van der Waals surface area contributed by atoms with E-state index in [1.807, 2.05) is 16.8 Å². The normalized spacial score (nSPS) is 22.5. The number of hydrogen-bond acceptors (Lipinski definition) is 6. The molecule has 3 atom stereocenters. The van der Waals surface area contributed by atoms with Gasteiger partial charge < -0.3 is 15.2 Å². The van der Waals surface area contributed by atoms with Crippen molar-refractivity contribution in [2.24, 2.45) is 0 Å². The molecule has 1 fully saturated rings. The van der Waals surface area contributed by atoms with Crippen LogP contribution >= 0.6 is 0 Å². The monoisotopic (exact) mass is 402 g/mol. The first-order chi connectivity index (χ1) is 13.8. The maximum atomic E-state index is 13.9. The number of fused-ring (bicyclic) bond motifs is 1. The SMILES string of the molecule is COCc1cc2c(Nc3cc([C@H]4C[C@@H](O)[C@@H](F)C4)nn3C(C)(C)C)nccn2n1. The number of nitrogens with one attached hydrogen (secondary N) is 1. The lowest BCUT2D eigenvalue weighted by molar-refractivity contribution is 0.103. The van der Waals surface area contributed by atoms with E-state index in [0.29, 0.717) is 25.3 Å². The van der Waals surface area contributed by atoms with Gasteiger partial charge >= 0.3 is 0 Å². The second-order valence-corrected chi connectivity index (χ2v) is 8.59. The summed E-state index contributed by atoms with van der Waals surface area (Å²) in [7, 11) is 1.63.